The van der Waals surface area contributed by atoms with Crippen LogP contribution >= 0.6 is 0 Å². The lowest BCUT2D eigenvalue weighted by Gasteiger charge is -1.98. The summed E-state index contributed by atoms with van der Waals surface area (Å²) < 4.78 is 1.58. The molecule has 1 N–H and O–H groups in total. The minimum Gasteiger partial charge on any atom is -0.244 e. The third-order valence-corrected chi connectivity index (χ3v) is 2.11. The van der Waals surface area contributed by atoms with Crippen LogP contribution in [0.4, 0.5) is 0 Å². The molecule has 0 unspecified atom stereocenters. The molecule has 0 spiro atoms. The molecule has 3 rings (SSSR count). The molecule has 0 fully saturated rings. The topological polar surface area (TPSA) is 63.1 Å². The lowest BCUT2D eigenvalue weighted by molar-refractivity contribution is 0.959. The molecule has 2 heterocycles. The van der Waals surface area contributed by atoms with E-state index >= 15 is 0 Å². The van der Waals surface area contributed by atoms with Gasteiger partial charge in [0.2, 0.25) is 0 Å². The normalized spacial score (nSPS) is 11.1. The fourth-order valence-corrected chi connectivity index (χ4v) is 1.49. The van der Waals surface area contributed by atoms with Crippen molar-refractivity contribution in [3.05, 3.63) is 40.9 Å². The molecular formula is C9H6N4O. The summed E-state index contributed by atoms with van der Waals surface area (Å²) in [5, 5.41) is 3.56. The van der Waals surface area contributed by atoms with Gasteiger partial charge in [0.15, 0.2) is 0 Å². The predicted molar refractivity (Wildman–Crippen MR) is 51.1 cm³/mol. The molecule has 68 valence electrons. The zero-order valence-electron chi connectivity index (χ0n) is 7.14. The summed E-state index contributed by atoms with van der Waals surface area (Å²) in [6.07, 6.45) is 1.70. The molecular weight excluding hydrogens is 180 g/mol. The van der Waals surface area contributed by atoms with Gasteiger partial charge in [-0.2, -0.15) is 4.98 Å². The highest BCUT2D eigenvalue weighted by Crippen LogP contribution is 2.10. The summed E-state index contributed by atoms with van der Waals surface area (Å²) in [6, 6.07) is 7.66. The number of para-hydroxylation sites is 1. The van der Waals surface area contributed by atoms with E-state index in [0.717, 1.165) is 10.9 Å². The van der Waals surface area contributed by atoms with Crippen molar-refractivity contribution in [3.8, 4) is 0 Å². The second-order valence-electron chi connectivity index (χ2n) is 2.98. The van der Waals surface area contributed by atoms with E-state index < -0.39 is 0 Å². The number of H-pyrrole nitrogens is 1. The second kappa shape index (κ2) is 2.41. The van der Waals surface area contributed by atoms with Crippen LogP contribution in [0.25, 0.3) is 16.7 Å². The highest BCUT2D eigenvalue weighted by atomic mass is 16.1. The Bertz CT molecular complexity index is 667. The van der Waals surface area contributed by atoms with Crippen molar-refractivity contribution >= 4 is 16.7 Å². The number of hydrogen-bond donors (Lipinski definition) is 1. The molecule has 0 aliphatic rings. The lowest BCUT2D eigenvalue weighted by Crippen LogP contribution is -2.02. The van der Waals surface area contributed by atoms with Gasteiger partial charge in [-0.05, 0) is 6.07 Å². The molecule has 2 aromatic heterocycles. The van der Waals surface area contributed by atoms with E-state index in [1.807, 2.05) is 24.3 Å². The molecule has 0 amide bonds. The van der Waals surface area contributed by atoms with Crippen LogP contribution in [-0.2, 0) is 0 Å². The van der Waals surface area contributed by atoms with Crippen molar-refractivity contribution in [2.24, 2.45) is 0 Å². The Kier molecular flexibility index (Phi) is 1.25. The number of nitrogens with zero attached hydrogens (tertiary/aromatic N) is 3. The minimum atomic E-state index is -0.381. The van der Waals surface area contributed by atoms with Crippen LogP contribution in [0.15, 0.2) is 35.3 Å². The first-order valence-electron chi connectivity index (χ1n) is 4.17. The van der Waals surface area contributed by atoms with Gasteiger partial charge in [-0.1, -0.05) is 18.2 Å². The van der Waals surface area contributed by atoms with E-state index in [0.29, 0.717) is 5.78 Å². The smallest absolute Gasteiger partial charge is 0.244 e. The third kappa shape index (κ3) is 0.861. The van der Waals surface area contributed by atoms with Crippen molar-refractivity contribution in [1.29, 1.82) is 0 Å². The van der Waals surface area contributed by atoms with E-state index in [4.69, 9.17) is 0 Å². The second-order valence-corrected chi connectivity index (χ2v) is 2.98. The average Bonchev–Trinajstić information content (AvgIpc) is 2.59. The number of hydrogen-bond acceptors (Lipinski definition) is 3. The Morgan fingerprint density at radius 3 is 3.07 bits per heavy atom. The van der Waals surface area contributed by atoms with E-state index in [-0.39, 0.29) is 5.69 Å². The van der Waals surface area contributed by atoms with Crippen LogP contribution in [0.2, 0.25) is 0 Å². The van der Waals surface area contributed by atoms with Crippen LogP contribution in [0.1, 0.15) is 0 Å². The lowest BCUT2D eigenvalue weighted by atomic mass is 10.2. The largest absolute Gasteiger partial charge is 0.363 e. The Morgan fingerprint density at radius 2 is 2.14 bits per heavy atom. The van der Waals surface area contributed by atoms with Crippen LogP contribution in [0, 0.1) is 0 Å². The summed E-state index contributed by atoms with van der Waals surface area (Å²) in [5.74, 6) is 0.397. The van der Waals surface area contributed by atoms with Crippen LogP contribution in [-0.4, -0.2) is 19.6 Å². The summed E-state index contributed by atoms with van der Waals surface area (Å²) in [5.41, 5.74) is 0.515. The van der Waals surface area contributed by atoms with Crippen LogP contribution < -0.4 is 5.69 Å². The standard InChI is InChI=1S/C9H6N4O/c14-9-11-8-10-5-6-3-1-2-4-7(6)13(8)12-9/h1-5H,(H,12,14). The first kappa shape index (κ1) is 7.25. The van der Waals surface area contributed by atoms with Gasteiger partial charge in [-0.15, -0.1) is 0 Å². The van der Waals surface area contributed by atoms with E-state index in [1.54, 1.807) is 10.7 Å². The summed E-state index contributed by atoms with van der Waals surface area (Å²) in [4.78, 5) is 18.8. The maximum absolute atomic E-state index is 11.0. The Morgan fingerprint density at radius 1 is 1.29 bits per heavy atom. The molecule has 5 heteroatoms. The fraction of sp³-hybridized carbons (Fsp3) is 0. The Labute approximate surface area is 78.0 Å². The predicted octanol–water partition coefficient (Wildman–Crippen LogP) is 0.571. The molecule has 3 aromatic rings. The number of aromatic amines is 1. The van der Waals surface area contributed by atoms with Gasteiger partial charge in [-0.3, -0.25) is 0 Å². The van der Waals surface area contributed by atoms with Gasteiger partial charge >= 0.3 is 5.69 Å². The van der Waals surface area contributed by atoms with E-state index in [1.165, 1.54) is 0 Å². The van der Waals surface area contributed by atoms with Gasteiger partial charge in [0.05, 0.1) is 5.52 Å². The zero-order valence-corrected chi connectivity index (χ0v) is 7.14. The third-order valence-electron chi connectivity index (χ3n) is 2.11. The summed E-state index contributed by atoms with van der Waals surface area (Å²) in [6.45, 7) is 0. The van der Waals surface area contributed by atoms with Gasteiger partial charge in [0, 0.05) is 11.6 Å². The van der Waals surface area contributed by atoms with Crippen molar-refractivity contribution < 1.29 is 0 Å². The van der Waals surface area contributed by atoms with Crippen LogP contribution in [0.5, 0.6) is 0 Å². The Hall–Kier alpha value is -2.17. The average molecular weight is 186 g/mol. The molecule has 0 aliphatic carbocycles. The fourth-order valence-electron chi connectivity index (χ4n) is 1.49. The number of rotatable bonds is 0. The molecule has 0 radical (unpaired) electrons. The monoisotopic (exact) mass is 186 g/mol. The molecule has 5 nitrogen and oxygen atoms in total. The summed E-state index contributed by atoms with van der Waals surface area (Å²) >= 11 is 0. The van der Waals surface area contributed by atoms with Crippen molar-refractivity contribution in [2.75, 3.05) is 0 Å². The van der Waals surface area contributed by atoms with Crippen molar-refractivity contribution in [2.45, 2.75) is 0 Å². The molecule has 1 aromatic carbocycles. The van der Waals surface area contributed by atoms with Crippen LogP contribution in [0.3, 0.4) is 0 Å². The number of aromatic nitrogens is 4. The highest BCUT2D eigenvalue weighted by Gasteiger charge is 2.02. The van der Waals surface area contributed by atoms with Gasteiger partial charge in [0.1, 0.15) is 0 Å². The molecule has 14 heavy (non-hydrogen) atoms. The molecule has 0 aliphatic heterocycles. The van der Waals surface area contributed by atoms with Crippen molar-refractivity contribution in [3.63, 3.8) is 0 Å². The SMILES string of the molecule is O=c1nc2ncc3ccccc3n2[nH]1. The molecule has 0 saturated carbocycles. The maximum atomic E-state index is 11.0. The number of fused-ring (bicyclic) bond motifs is 3. The molecule has 0 saturated heterocycles. The first-order valence-corrected chi connectivity index (χ1v) is 4.17. The van der Waals surface area contributed by atoms with Gasteiger partial charge in [0.25, 0.3) is 5.78 Å². The first-order chi connectivity index (χ1) is 6.84. The number of benzene rings is 1. The Balaban J connectivity index is 2.66. The maximum Gasteiger partial charge on any atom is 0.363 e. The summed E-state index contributed by atoms with van der Waals surface area (Å²) in [7, 11) is 0. The minimum absolute atomic E-state index is 0.381. The zero-order chi connectivity index (χ0) is 9.54. The van der Waals surface area contributed by atoms with E-state index in [9.17, 15) is 4.79 Å². The van der Waals surface area contributed by atoms with E-state index in [2.05, 4.69) is 15.1 Å². The number of nitrogens with one attached hydrogen (secondary N) is 1. The van der Waals surface area contributed by atoms with Gasteiger partial charge < -0.3 is 0 Å². The highest BCUT2D eigenvalue weighted by molar-refractivity contribution is 5.79. The van der Waals surface area contributed by atoms with Gasteiger partial charge in [-0.25, -0.2) is 19.4 Å². The molecule has 0 atom stereocenters. The molecule has 0 bridgehead atoms. The quantitative estimate of drug-likeness (QED) is 0.558. The van der Waals surface area contributed by atoms with Crippen molar-refractivity contribution in [1.82, 2.24) is 19.6 Å².